The average molecular weight is 211 g/mol. The first-order valence-electron chi connectivity index (χ1n) is 4.52. The van der Waals surface area contributed by atoms with Crippen molar-refractivity contribution >= 4 is 11.8 Å². The first kappa shape index (κ1) is 9.68. The molecule has 0 bridgehead atoms. The molecule has 1 aromatic carbocycles. The summed E-state index contributed by atoms with van der Waals surface area (Å²) < 4.78 is 5.42. The highest BCUT2D eigenvalue weighted by Crippen LogP contribution is 2.42. The van der Waals surface area contributed by atoms with Crippen molar-refractivity contribution < 1.29 is 9.84 Å². The van der Waals surface area contributed by atoms with E-state index in [0.29, 0.717) is 6.61 Å². The zero-order valence-corrected chi connectivity index (χ0v) is 8.80. The topological polar surface area (TPSA) is 55.5 Å². The molecule has 3 N–H and O–H groups in total. The van der Waals surface area contributed by atoms with Gasteiger partial charge in [-0.3, -0.25) is 0 Å². The third kappa shape index (κ3) is 1.44. The van der Waals surface area contributed by atoms with Crippen LogP contribution in [0.2, 0.25) is 0 Å². The number of rotatable bonds is 1. The molecule has 1 heterocycles. The van der Waals surface area contributed by atoms with E-state index in [1.165, 1.54) is 11.8 Å². The van der Waals surface area contributed by atoms with E-state index < -0.39 is 0 Å². The molecule has 1 atom stereocenters. The van der Waals surface area contributed by atoms with Crippen molar-refractivity contribution in [2.45, 2.75) is 17.4 Å². The molecule has 0 spiro atoms. The molecule has 1 aromatic rings. The summed E-state index contributed by atoms with van der Waals surface area (Å²) in [5, 5.41) is 9.92. The van der Waals surface area contributed by atoms with E-state index in [-0.39, 0.29) is 11.8 Å². The lowest BCUT2D eigenvalue weighted by Crippen LogP contribution is -2.20. The van der Waals surface area contributed by atoms with Gasteiger partial charge < -0.3 is 15.6 Å². The van der Waals surface area contributed by atoms with Crippen LogP contribution in [-0.4, -0.2) is 18.0 Å². The molecule has 3 nitrogen and oxygen atoms in total. The van der Waals surface area contributed by atoms with Crippen LogP contribution in [0.4, 0.5) is 0 Å². The lowest BCUT2D eigenvalue weighted by Gasteiger charge is -2.24. The molecule has 0 radical (unpaired) electrons. The minimum absolute atomic E-state index is 0.106. The first-order valence-corrected chi connectivity index (χ1v) is 5.74. The molecular weight excluding hydrogens is 198 g/mol. The maximum absolute atomic E-state index is 9.92. The van der Waals surface area contributed by atoms with Crippen molar-refractivity contribution in [2.75, 3.05) is 12.9 Å². The Morgan fingerprint density at radius 3 is 3.07 bits per heavy atom. The predicted molar refractivity (Wildman–Crippen MR) is 56.9 cm³/mol. The molecule has 0 saturated heterocycles. The summed E-state index contributed by atoms with van der Waals surface area (Å²) in [4.78, 5) is 0.852. The SMILES string of the molecule is CSc1ccc2c(c1O)[C@H](N)CCO2. The average Bonchev–Trinajstić information content (AvgIpc) is 2.18. The van der Waals surface area contributed by atoms with Crippen LogP contribution in [0.3, 0.4) is 0 Å². The number of nitrogens with two attached hydrogens (primary N) is 1. The summed E-state index contributed by atoms with van der Waals surface area (Å²) in [6.07, 6.45) is 2.69. The minimum atomic E-state index is -0.106. The van der Waals surface area contributed by atoms with Gasteiger partial charge in [-0.2, -0.15) is 0 Å². The van der Waals surface area contributed by atoms with Crippen LogP contribution in [0.25, 0.3) is 0 Å². The first-order chi connectivity index (χ1) is 6.74. The third-order valence-corrected chi connectivity index (χ3v) is 3.19. The number of ether oxygens (including phenoxy) is 1. The second-order valence-electron chi connectivity index (χ2n) is 3.27. The van der Waals surface area contributed by atoms with Gasteiger partial charge in [0.1, 0.15) is 11.5 Å². The van der Waals surface area contributed by atoms with E-state index in [1.54, 1.807) is 0 Å². The van der Waals surface area contributed by atoms with E-state index in [9.17, 15) is 5.11 Å². The standard InChI is InChI=1S/C10H13NO2S/c1-14-8-3-2-7-9(10(8)12)6(11)4-5-13-7/h2-3,6,12H,4-5,11H2,1H3/t6-/m1/s1. The predicted octanol–water partition coefficient (Wildman–Crippen LogP) is 1.90. The maximum Gasteiger partial charge on any atom is 0.137 e. The monoisotopic (exact) mass is 211 g/mol. The largest absolute Gasteiger partial charge is 0.506 e. The number of phenols is 1. The Bertz CT molecular complexity index is 354. The Kier molecular flexibility index (Phi) is 2.56. The Hall–Kier alpha value is -0.870. The number of fused-ring (bicyclic) bond motifs is 1. The van der Waals surface area contributed by atoms with Gasteiger partial charge in [0.25, 0.3) is 0 Å². The molecule has 2 rings (SSSR count). The van der Waals surface area contributed by atoms with Crippen LogP contribution in [0.5, 0.6) is 11.5 Å². The van der Waals surface area contributed by atoms with Gasteiger partial charge in [-0.15, -0.1) is 11.8 Å². The highest BCUT2D eigenvalue weighted by molar-refractivity contribution is 7.98. The molecule has 1 aliphatic rings. The molecule has 0 unspecified atom stereocenters. The van der Waals surface area contributed by atoms with Crippen LogP contribution in [0.1, 0.15) is 18.0 Å². The lowest BCUT2D eigenvalue weighted by molar-refractivity contribution is 0.262. The number of hydrogen-bond acceptors (Lipinski definition) is 4. The molecule has 14 heavy (non-hydrogen) atoms. The Balaban J connectivity index is 2.54. The van der Waals surface area contributed by atoms with Crippen molar-refractivity contribution in [3.8, 4) is 11.5 Å². The highest BCUT2D eigenvalue weighted by atomic mass is 32.2. The zero-order chi connectivity index (χ0) is 10.1. The lowest BCUT2D eigenvalue weighted by atomic mass is 10.0. The van der Waals surface area contributed by atoms with Crippen molar-refractivity contribution in [3.05, 3.63) is 17.7 Å². The molecule has 0 amide bonds. The summed E-state index contributed by atoms with van der Waals surface area (Å²) >= 11 is 1.51. The molecule has 76 valence electrons. The van der Waals surface area contributed by atoms with Crippen molar-refractivity contribution in [2.24, 2.45) is 5.73 Å². The van der Waals surface area contributed by atoms with Gasteiger partial charge in [0.2, 0.25) is 0 Å². The van der Waals surface area contributed by atoms with Gasteiger partial charge in [0.05, 0.1) is 12.2 Å². The Morgan fingerprint density at radius 1 is 1.57 bits per heavy atom. The fourth-order valence-corrected chi connectivity index (χ4v) is 2.17. The fraction of sp³-hybridized carbons (Fsp3) is 0.400. The van der Waals surface area contributed by atoms with E-state index in [2.05, 4.69) is 0 Å². The summed E-state index contributed by atoms with van der Waals surface area (Å²) in [6, 6.07) is 3.63. The van der Waals surface area contributed by atoms with Gasteiger partial charge in [-0.05, 0) is 18.4 Å². The number of phenolic OH excluding ortho intramolecular Hbond substituents is 1. The molecule has 4 heteroatoms. The molecule has 1 aliphatic heterocycles. The number of aromatic hydroxyl groups is 1. The molecule has 0 saturated carbocycles. The number of hydrogen-bond donors (Lipinski definition) is 2. The normalized spacial score (nSPS) is 20.0. The molecule has 0 aliphatic carbocycles. The molecule has 0 fully saturated rings. The second kappa shape index (κ2) is 3.71. The summed E-state index contributed by atoms with van der Waals surface area (Å²) in [7, 11) is 0. The van der Waals surface area contributed by atoms with E-state index in [0.717, 1.165) is 22.6 Å². The van der Waals surface area contributed by atoms with Crippen molar-refractivity contribution in [1.82, 2.24) is 0 Å². The zero-order valence-electron chi connectivity index (χ0n) is 7.99. The Morgan fingerprint density at radius 2 is 2.36 bits per heavy atom. The summed E-state index contributed by atoms with van der Waals surface area (Å²) in [6.45, 7) is 0.631. The van der Waals surface area contributed by atoms with E-state index in [4.69, 9.17) is 10.5 Å². The van der Waals surface area contributed by atoms with E-state index >= 15 is 0 Å². The maximum atomic E-state index is 9.92. The Labute approximate surface area is 87.3 Å². The summed E-state index contributed by atoms with van der Waals surface area (Å²) in [5.41, 5.74) is 6.67. The molecular formula is C10H13NO2S. The van der Waals surface area contributed by atoms with Crippen molar-refractivity contribution in [3.63, 3.8) is 0 Å². The van der Waals surface area contributed by atoms with Gasteiger partial charge in [0, 0.05) is 17.4 Å². The van der Waals surface area contributed by atoms with E-state index in [1.807, 2.05) is 18.4 Å². The van der Waals surface area contributed by atoms with Gasteiger partial charge >= 0.3 is 0 Å². The van der Waals surface area contributed by atoms with Crippen LogP contribution < -0.4 is 10.5 Å². The van der Waals surface area contributed by atoms with Gasteiger partial charge in [-0.25, -0.2) is 0 Å². The quantitative estimate of drug-likeness (QED) is 0.697. The van der Waals surface area contributed by atoms with Gasteiger partial charge in [-0.1, -0.05) is 0 Å². The fourth-order valence-electron chi connectivity index (χ4n) is 1.66. The van der Waals surface area contributed by atoms with Gasteiger partial charge in [0.15, 0.2) is 0 Å². The third-order valence-electron chi connectivity index (χ3n) is 2.42. The summed E-state index contributed by atoms with van der Waals surface area (Å²) in [5.74, 6) is 1.00. The number of thioether (sulfide) groups is 1. The second-order valence-corrected chi connectivity index (χ2v) is 4.12. The van der Waals surface area contributed by atoms with Crippen LogP contribution in [-0.2, 0) is 0 Å². The smallest absolute Gasteiger partial charge is 0.137 e. The van der Waals surface area contributed by atoms with Crippen LogP contribution >= 0.6 is 11.8 Å². The van der Waals surface area contributed by atoms with Crippen LogP contribution in [0.15, 0.2) is 17.0 Å². The van der Waals surface area contributed by atoms with Crippen molar-refractivity contribution in [1.29, 1.82) is 0 Å². The minimum Gasteiger partial charge on any atom is -0.506 e. The number of benzene rings is 1. The highest BCUT2D eigenvalue weighted by Gasteiger charge is 2.23. The van der Waals surface area contributed by atoms with Crippen LogP contribution in [0, 0.1) is 0 Å². The molecule has 0 aromatic heterocycles.